The topological polar surface area (TPSA) is 47.1 Å². The second kappa shape index (κ2) is 4.74. The lowest BCUT2D eigenvalue weighted by atomic mass is 10.0. The van der Waals surface area contributed by atoms with Gasteiger partial charge >= 0.3 is 0 Å². The third-order valence-electron chi connectivity index (χ3n) is 3.32. The number of hydrogen-bond acceptors (Lipinski definition) is 3. The van der Waals surface area contributed by atoms with Gasteiger partial charge < -0.3 is 10.6 Å². The summed E-state index contributed by atoms with van der Waals surface area (Å²) < 4.78 is 1.84. The summed E-state index contributed by atoms with van der Waals surface area (Å²) in [6.07, 6.45) is 7.37. The Kier molecular flexibility index (Phi) is 3.49. The summed E-state index contributed by atoms with van der Waals surface area (Å²) >= 11 is 5.02. The molecule has 0 aromatic carbocycles. The van der Waals surface area contributed by atoms with Crippen molar-refractivity contribution in [1.82, 2.24) is 14.7 Å². The van der Waals surface area contributed by atoms with E-state index >= 15 is 0 Å². The number of thiocarbonyl (C=S) groups is 1. The standard InChI is InChI=1S/C12H20N4S/c1-15(7-10-6-14-16(2)8-10)9-12(3-4-12)5-11(13)17/h6,8H,3-5,7,9H2,1-2H3,(H2,13,17). The van der Waals surface area contributed by atoms with Gasteiger partial charge in [-0.15, -0.1) is 0 Å². The number of hydrogen-bond donors (Lipinski definition) is 1. The third kappa shape index (κ3) is 3.51. The van der Waals surface area contributed by atoms with Crippen molar-refractivity contribution in [3.8, 4) is 0 Å². The fourth-order valence-corrected chi connectivity index (χ4v) is 2.74. The van der Waals surface area contributed by atoms with E-state index in [2.05, 4.69) is 23.2 Å². The Hall–Kier alpha value is -0.940. The Morgan fingerprint density at radius 3 is 2.82 bits per heavy atom. The zero-order valence-corrected chi connectivity index (χ0v) is 11.3. The van der Waals surface area contributed by atoms with Crippen molar-refractivity contribution >= 4 is 17.2 Å². The molecule has 17 heavy (non-hydrogen) atoms. The molecule has 1 fully saturated rings. The molecule has 0 radical (unpaired) electrons. The molecule has 0 amide bonds. The first-order valence-electron chi connectivity index (χ1n) is 5.93. The zero-order valence-electron chi connectivity index (χ0n) is 10.5. The number of nitrogens with two attached hydrogens (primary N) is 1. The van der Waals surface area contributed by atoms with E-state index in [1.54, 1.807) is 0 Å². The second-order valence-electron chi connectivity index (χ2n) is 5.34. The Labute approximate surface area is 108 Å². The molecule has 1 heterocycles. The maximum Gasteiger partial charge on any atom is 0.0733 e. The summed E-state index contributed by atoms with van der Waals surface area (Å²) in [6.45, 7) is 2.01. The van der Waals surface area contributed by atoms with Crippen LogP contribution in [-0.2, 0) is 13.6 Å². The van der Waals surface area contributed by atoms with Crippen molar-refractivity contribution in [3.63, 3.8) is 0 Å². The van der Waals surface area contributed by atoms with Crippen LogP contribution >= 0.6 is 12.2 Å². The van der Waals surface area contributed by atoms with Crippen molar-refractivity contribution in [2.45, 2.75) is 25.8 Å². The molecule has 2 N–H and O–H groups in total. The van der Waals surface area contributed by atoms with Gasteiger partial charge in [-0.25, -0.2) is 0 Å². The van der Waals surface area contributed by atoms with Gasteiger partial charge in [-0.3, -0.25) is 4.68 Å². The van der Waals surface area contributed by atoms with E-state index in [4.69, 9.17) is 18.0 Å². The van der Waals surface area contributed by atoms with Crippen molar-refractivity contribution < 1.29 is 0 Å². The van der Waals surface area contributed by atoms with Gasteiger partial charge in [0, 0.05) is 38.3 Å². The molecule has 0 atom stereocenters. The molecule has 1 aliphatic rings. The highest BCUT2D eigenvalue weighted by molar-refractivity contribution is 7.80. The first-order chi connectivity index (χ1) is 7.99. The van der Waals surface area contributed by atoms with E-state index < -0.39 is 0 Å². The van der Waals surface area contributed by atoms with Crippen LogP contribution in [-0.4, -0.2) is 33.3 Å². The predicted octanol–water partition coefficient (Wildman–Crippen LogP) is 1.31. The lowest BCUT2D eigenvalue weighted by Gasteiger charge is -2.22. The lowest BCUT2D eigenvalue weighted by Crippen LogP contribution is -2.29. The molecule has 2 rings (SSSR count). The summed E-state index contributed by atoms with van der Waals surface area (Å²) in [5.74, 6) is 0. The van der Waals surface area contributed by atoms with E-state index in [0.717, 1.165) is 19.5 Å². The highest BCUT2D eigenvalue weighted by Gasteiger charge is 2.43. The van der Waals surface area contributed by atoms with Gasteiger partial charge in [0.25, 0.3) is 0 Å². The molecule has 4 nitrogen and oxygen atoms in total. The first kappa shape index (κ1) is 12.5. The van der Waals surface area contributed by atoms with Crippen molar-refractivity contribution in [1.29, 1.82) is 0 Å². The van der Waals surface area contributed by atoms with Gasteiger partial charge in [0.1, 0.15) is 0 Å². The highest BCUT2D eigenvalue weighted by atomic mass is 32.1. The second-order valence-corrected chi connectivity index (χ2v) is 5.86. The van der Waals surface area contributed by atoms with Crippen LogP contribution in [0.25, 0.3) is 0 Å². The Balaban J connectivity index is 1.85. The normalized spacial score (nSPS) is 17.4. The van der Waals surface area contributed by atoms with Crippen LogP contribution < -0.4 is 5.73 Å². The zero-order chi connectivity index (χ0) is 12.5. The van der Waals surface area contributed by atoms with E-state index in [9.17, 15) is 0 Å². The van der Waals surface area contributed by atoms with Gasteiger partial charge in [0.2, 0.25) is 0 Å². The van der Waals surface area contributed by atoms with Gasteiger partial charge in [-0.1, -0.05) is 12.2 Å². The fourth-order valence-electron chi connectivity index (χ4n) is 2.43. The summed E-state index contributed by atoms with van der Waals surface area (Å²) in [5, 5.41) is 4.18. The maximum atomic E-state index is 5.65. The Morgan fingerprint density at radius 2 is 2.35 bits per heavy atom. The number of aromatic nitrogens is 2. The average molecular weight is 252 g/mol. The molecule has 0 unspecified atom stereocenters. The summed E-state index contributed by atoms with van der Waals surface area (Å²) in [4.78, 5) is 2.99. The van der Waals surface area contributed by atoms with Crippen LogP contribution in [0.1, 0.15) is 24.8 Å². The van der Waals surface area contributed by atoms with E-state index in [-0.39, 0.29) is 0 Å². The molecule has 1 aromatic rings. The summed E-state index contributed by atoms with van der Waals surface area (Å²) in [6, 6.07) is 0. The summed E-state index contributed by atoms with van der Waals surface area (Å²) in [7, 11) is 4.09. The maximum absolute atomic E-state index is 5.65. The van der Waals surface area contributed by atoms with E-state index in [0.29, 0.717) is 10.4 Å². The average Bonchev–Trinajstić information content (AvgIpc) is 2.80. The number of rotatable bonds is 6. The van der Waals surface area contributed by atoms with Gasteiger partial charge in [0.15, 0.2) is 0 Å². The molecular formula is C12H20N4S. The first-order valence-corrected chi connectivity index (χ1v) is 6.34. The van der Waals surface area contributed by atoms with Crippen molar-refractivity contribution in [3.05, 3.63) is 18.0 Å². The summed E-state index contributed by atoms with van der Waals surface area (Å²) in [5.41, 5.74) is 7.26. The van der Waals surface area contributed by atoms with Crippen LogP contribution in [0.5, 0.6) is 0 Å². The molecule has 0 aliphatic heterocycles. The lowest BCUT2D eigenvalue weighted by molar-refractivity contribution is 0.260. The SMILES string of the molecule is CN(Cc1cnn(C)c1)CC1(CC(N)=S)CC1. The molecule has 0 saturated heterocycles. The van der Waals surface area contributed by atoms with Crippen LogP contribution in [0.3, 0.4) is 0 Å². The largest absolute Gasteiger partial charge is 0.393 e. The minimum absolute atomic E-state index is 0.364. The molecule has 0 spiro atoms. The van der Waals surface area contributed by atoms with E-state index in [1.807, 2.05) is 17.9 Å². The number of nitrogens with zero attached hydrogens (tertiary/aromatic N) is 3. The Morgan fingerprint density at radius 1 is 1.65 bits per heavy atom. The number of aryl methyl sites for hydroxylation is 1. The van der Waals surface area contributed by atoms with Gasteiger partial charge in [0.05, 0.1) is 11.2 Å². The molecular weight excluding hydrogens is 232 g/mol. The van der Waals surface area contributed by atoms with Crippen LogP contribution in [0.4, 0.5) is 0 Å². The molecule has 1 saturated carbocycles. The molecule has 5 heteroatoms. The molecule has 1 aliphatic carbocycles. The minimum atomic E-state index is 0.364. The predicted molar refractivity (Wildman–Crippen MR) is 72.6 cm³/mol. The highest BCUT2D eigenvalue weighted by Crippen LogP contribution is 2.49. The van der Waals surface area contributed by atoms with Gasteiger partial charge in [-0.2, -0.15) is 5.10 Å². The quantitative estimate of drug-likeness (QED) is 0.776. The third-order valence-corrected chi connectivity index (χ3v) is 3.47. The van der Waals surface area contributed by atoms with Gasteiger partial charge in [-0.05, 0) is 25.3 Å². The van der Waals surface area contributed by atoms with Crippen LogP contribution in [0.15, 0.2) is 12.4 Å². The van der Waals surface area contributed by atoms with Crippen molar-refractivity contribution in [2.75, 3.05) is 13.6 Å². The fraction of sp³-hybridized carbons (Fsp3) is 0.667. The molecule has 94 valence electrons. The van der Waals surface area contributed by atoms with Crippen LogP contribution in [0, 0.1) is 5.41 Å². The van der Waals surface area contributed by atoms with E-state index in [1.165, 1.54) is 18.4 Å². The Bertz CT molecular complexity index is 408. The molecule has 1 aromatic heterocycles. The smallest absolute Gasteiger partial charge is 0.0733 e. The molecule has 0 bridgehead atoms. The minimum Gasteiger partial charge on any atom is -0.393 e. The van der Waals surface area contributed by atoms with Crippen LogP contribution in [0.2, 0.25) is 0 Å². The monoisotopic (exact) mass is 252 g/mol. The van der Waals surface area contributed by atoms with Crippen molar-refractivity contribution in [2.24, 2.45) is 18.2 Å².